The van der Waals surface area contributed by atoms with Crippen LogP contribution in [0.4, 0.5) is 0 Å². The van der Waals surface area contributed by atoms with Crippen LogP contribution in [-0.2, 0) is 14.9 Å². The molecule has 162 valence electrons. The van der Waals surface area contributed by atoms with Gasteiger partial charge >= 0.3 is 0 Å². The van der Waals surface area contributed by atoms with E-state index in [9.17, 15) is 4.79 Å². The first-order valence-electron chi connectivity index (χ1n) is 10.6. The summed E-state index contributed by atoms with van der Waals surface area (Å²) in [6, 6.07) is 8.64. The van der Waals surface area contributed by atoms with Crippen molar-refractivity contribution in [3.05, 3.63) is 35.4 Å². The van der Waals surface area contributed by atoms with Crippen LogP contribution >= 0.6 is 24.0 Å². The van der Waals surface area contributed by atoms with E-state index in [2.05, 4.69) is 54.1 Å². The van der Waals surface area contributed by atoms with Gasteiger partial charge in [0.15, 0.2) is 5.96 Å². The molecule has 7 heteroatoms. The summed E-state index contributed by atoms with van der Waals surface area (Å²) in [6.07, 6.45) is 4.04. The van der Waals surface area contributed by atoms with E-state index < -0.39 is 0 Å². The molecule has 3 N–H and O–H groups in total. The third-order valence-corrected chi connectivity index (χ3v) is 5.72. The van der Waals surface area contributed by atoms with Gasteiger partial charge in [-0.05, 0) is 50.7 Å². The Bertz CT molecular complexity index is 685. The molecule has 2 fully saturated rings. The molecule has 6 nitrogen and oxygen atoms in total. The van der Waals surface area contributed by atoms with E-state index in [0.29, 0.717) is 13.1 Å². The summed E-state index contributed by atoms with van der Waals surface area (Å²) < 4.78 is 5.65. The molecule has 0 spiro atoms. The number of amides is 1. The smallest absolute Gasteiger partial charge is 0.223 e. The second-order valence-corrected chi connectivity index (χ2v) is 7.89. The molecule has 0 atom stereocenters. The maximum atomic E-state index is 11.7. The number of ether oxygens (including phenoxy) is 1. The van der Waals surface area contributed by atoms with E-state index in [1.807, 2.05) is 0 Å². The Morgan fingerprint density at radius 3 is 2.48 bits per heavy atom. The standard InChI is InChI=1S/C22H34N4O2.HI/c1-3-23-21(25-13-12-24-20(27)18-8-9-18)26-16-22(10-14-28-15-11-22)19-7-5-4-6-17(19)2;/h4-7,18H,3,8-16H2,1-2H3,(H,24,27)(H2,23,25,26);1H. The third kappa shape index (κ3) is 6.84. The summed E-state index contributed by atoms with van der Waals surface area (Å²) in [6.45, 7) is 8.63. The molecule has 29 heavy (non-hydrogen) atoms. The minimum absolute atomic E-state index is 0. The number of aliphatic imine (C=N–C) groups is 1. The molecule has 1 aliphatic heterocycles. The topological polar surface area (TPSA) is 74.8 Å². The zero-order valence-corrected chi connectivity index (χ0v) is 20.0. The highest BCUT2D eigenvalue weighted by Crippen LogP contribution is 2.37. The molecule has 1 saturated heterocycles. The van der Waals surface area contributed by atoms with Gasteiger partial charge in [0.25, 0.3) is 0 Å². The van der Waals surface area contributed by atoms with Crippen LogP contribution in [0.1, 0.15) is 43.7 Å². The highest BCUT2D eigenvalue weighted by atomic mass is 127. The van der Waals surface area contributed by atoms with E-state index in [1.54, 1.807) is 0 Å². The number of nitrogens with one attached hydrogen (secondary N) is 3. The average molecular weight is 514 g/mol. The van der Waals surface area contributed by atoms with Crippen molar-refractivity contribution in [2.75, 3.05) is 39.4 Å². The first-order valence-corrected chi connectivity index (χ1v) is 10.6. The predicted octanol–water partition coefficient (Wildman–Crippen LogP) is 2.74. The first kappa shape index (κ1) is 23.9. The molecule has 1 saturated carbocycles. The largest absolute Gasteiger partial charge is 0.381 e. The number of carbonyl (C=O) groups is 1. The van der Waals surface area contributed by atoms with Crippen molar-refractivity contribution in [2.24, 2.45) is 10.9 Å². The number of nitrogens with zero attached hydrogens (tertiary/aromatic N) is 1. The second kappa shape index (κ2) is 11.7. The minimum Gasteiger partial charge on any atom is -0.381 e. The van der Waals surface area contributed by atoms with Gasteiger partial charge in [0.2, 0.25) is 5.91 Å². The number of hydrogen-bond acceptors (Lipinski definition) is 3. The zero-order valence-electron chi connectivity index (χ0n) is 17.6. The molecule has 3 rings (SSSR count). The molecule has 1 amide bonds. The summed E-state index contributed by atoms with van der Waals surface area (Å²) in [5.74, 6) is 1.25. The van der Waals surface area contributed by atoms with E-state index in [0.717, 1.165) is 57.9 Å². The van der Waals surface area contributed by atoms with Crippen molar-refractivity contribution in [2.45, 2.75) is 44.9 Å². The van der Waals surface area contributed by atoms with Gasteiger partial charge in [-0.3, -0.25) is 9.79 Å². The minimum atomic E-state index is 0. The van der Waals surface area contributed by atoms with Gasteiger partial charge < -0.3 is 20.7 Å². The molecule has 0 aromatic heterocycles. The van der Waals surface area contributed by atoms with Crippen LogP contribution < -0.4 is 16.0 Å². The normalized spacial score (nSPS) is 18.5. The lowest BCUT2D eigenvalue weighted by atomic mass is 9.72. The summed E-state index contributed by atoms with van der Waals surface area (Å²) in [5, 5.41) is 9.66. The Kier molecular flexibility index (Phi) is 9.68. The van der Waals surface area contributed by atoms with E-state index in [4.69, 9.17) is 9.73 Å². The van der Waals surface area contributed by atoms with Crippen molar-refractivity contribution < 1.29 is 9.53 Å². The molecule has 1 aliphatic carbocycles. The van der Waals surface area contributed by atoms with Crippen LogP contribution in [0.15, 0.2) is 29.3 Å². The Labute approximate surface area is 191 Å². The fraction of sp³-hybridized carbons (Fsp3) is 0.636. The van der Waals surface area contributed by atoms with Crippen LogP contribution in [-0.4, -0.2) is 51.3 Å². The Hall–Kier alpha value is -1.35. The van der Waals surface area contributed by atoms with E-state index in [-0.39, 0.29) is 41.2 Å². The molecular formula is C22H35IN4O2. The third-order valence-electron chi connectivity index (χ3n) is 5.72. The monoisotopic (exact) mass is 514 g/mol. The SMILES string of the molecule is CCNC(=NCC1(c2ccccc2C)CCOCC1)NCCNC(=O)C1CC1.I. The first-order chi connectivity index (χ1) is 13.6. The van der Waals surface area contributed by atoms with Gasteiger partial charge in [-0.15, -0.1) is 24.0 Å². The van der Waals surface area contributed by atoms with E-state index in [1.165, 1.54) is 11.1 Å². The molecule has 0 bridgehead atoms. The number of halogens is 1. The van der Waals surface area contributed by atoms with Crippen LogP contribution in [0, 0.1) is 12.8 Å². The Morgan fingerprint density at radius 2 is 1.83 bits per heavy atom. The highest BCUT2D eigenvalue weighted by molar-refractivity contribution is 14.0. The van der Waals surface area contributed by atoms with E-state index >= 15 is 0 Å². The predicted molar refractivity (Wildman–Crippen MR) is 128 cm³/mol. The number of benzene rings is 1. The number of hydrogen-bond donors (Lipinski definition) is 3. The highest BCUT2D eigenvalue weighted by Gasteiger charge is 2.35. The lowest BCUT2D eigenvalue weighted by molar-refractivity contribution is -0.122. The number of guanidine groups is 1. The number of rotatable bonds is 8. The maximum Gasteiger partial charge on any atom is 0.223 e. The molecule has 0 radical (unpaired) electrons. The summed E-state index contributed by atoms with van der Waals surface area (Å²) >= 11 is 0. The van der Waals surface area contributed by atoms with Crippen LogP contribution in [0.5, 0.6) is 0 Å². The lowest BCUT2D eigenvalue weighted by Crippen LogP contribution is -2.43. The fourth-order valence-electron chi connectivity index (χ4n) is 3.87. The zero-order chi connectivity index (χ0) is 19.8. The quantitative estimate of drug-likeness (QED) is 0.216. The maximum absolute atomic E-state index is 11.7. The van der Waals surface area contributed by atoms with Gasteiger partial charge in [-0.2, -0.15) is 0 Å². The van der Waals surface area contributed by atoms with Crippen LogP contribution in [0.25, 0.3) is 0 Å². The lowest BCUT2D eigenvalue weighted by Gasteiger charge is -2.37. The van der Waals surface area contributed by atoms with Gasteiger partial charge in [0.1, 0.15) is 0 Å². The molecule has 1 aromatic carbocycles. The van der Waals surface area contributed by atoms with Crippen molar-refractivity contribution in [1.29, 1.82) is 0 Å². The second-order valence-electron chi connectivity index (χ2n) is 7.89. The molecule has 2 aliphatic rings. The van der Waals surface area contributed by atoms with Crippen molar-refractivity contribution in [1.82, 2.24) is 16.0 Å². The summed E-state index contributed by atoms with van der Waals surface area (Å²) in [7, 11) is 0. The number of aryl methyl sites for hydroxylation is 1. The number of carbonyl (C=O) groups excluding carboxylic acids is 1. The van der Waals surface area contributed by atoms with Crippen molar-refractivity contribution >= 4 is 35.8 Å². The molecule has 1 aromatic rings. The van der Waals surface area contributed by atoms with Gasteiger partial charge in [-0.25, -0.2) is 0 Å². The summed E-state index contributed by atoms with van der Waals surface area (Å²) in [5.41, 5.74) is 2.72. The van der Waals surface area contributed by atoms with Gasteiger partial charge in [0.05, 0.1) is 6.54 Å². The Balaban J connectivity index is 0.00000300. The Morgan fingerprint density at radius 1 is 1.14 bits per heavy atom. The molecule has 1 heterocycles. The molecular weight excluding hydrogens is 479 g/mol. The van der Waals surface area contributed by atoms with Gasteiger partial charge in [0, 0.05) is 44.2 Å². The van der Waals surface area contributed by atoms with Crippen molar-refractivity contribution in [3.8, 4) is 0 Å². The fourth-order valence-corrected chi connectivity index (χ4v) is 3.87. The average Bonchev–Trinajstić information content (AvgIpc) is 3.55. The molecule has 0 unspecified atom stereocenters. The van der Waals surface area contributed by atoms with Crippen molar-refractivity contribution in [3.63, 3.8) is 0 Å². The summed E-state index contributed by atoms with van der Waals surface area (Å²) in [4.78, 5) is 16.7. The van der Waals surface area contributed by atoms with Gasteiger partial charge in [-0.1, -0.05) is 24.3 Å². The van der Waals surface area contributed by atoms with Crippen LogP contribution in [0.3, 0.4) is 0 Å². The van der Waals surface area contributed by atoms with Crippen LogP contribution in [0.2, 0.25) is 0 Å².